The van der Waals surface area contributed by atoms with Crippen molar-refractivity contribution in [2.24, 2.45) is 0 Å². The van der Waals surface area contributed by atoms with Crippen molar-refractivity contribution in [3.05, 3.63) is 112 Å². The number of anilines is 2. The average molecular weight is 706 g/mol. The number of halogens is 2. The van der Waals surface area contributed by atoms with Crippen molar-refractivity contribution in [2.75, 3.05) is 49.2 Å². The molecule has 2 aromatic heterocycles. The Bertz CT molecular complexity index is 1890. The van der Waals surface area contributed by atoms with E-state index in [-0.39, 0.29) is 18.3 Å². The average Bonchev–Trinajstić information content (AvgIpc) is 3.88. The lowest BCUT2D eigenvalue weighted by Crippen LogP contribution is -2.46. The van der Waals surface area contributed by atoms with Crippen LogP contribution in [0.2, 0.25) is 10.0 Å². The van der Waals surface area contributed by atoms with E-state index in [1.807, 2.05) is 30.3 Å². The molecular formula is C35H38Cl2N8O4. The van der Waals surface area contributed by atoms with Crippen LogP contribution in [0.4, 0.5) is 11.4 Å². The number of ether oxygens (including phenoxy) is 3. The first-order valence-corrected chi connectivity index (χ1v) is 17.2. The number of piperazine rings is 1. The van der Waals surface area contributed by atoms with Gasteiger partial charge in [-0.2, -0.15) is 10.2 Å². The molecule has 0 bridgehead atoms. The van der Waals surface area contributed by atoms with E-state index in [0.29, 0.717) is 35.4 Å². The monoisotopic (exact) mass is 704 g/mol. The molecule has 5 aromatic rings. The number of nitrogens with zero attached hydrogens (tertiary/aromatic N) is 8. The first-order valence-electron chi connectivity index (χ1n) is 16.5. The number of hydrogen-bond acceptors (Lipinski definition) is 9. The van der Waals surface area contributed by atoms with Crippen molar-refractivity contribution >= 4 is 34.6 Å². The van der Waals surface area contributed by atoms with Crippen LogP contribution >= 0.6 is 23.2 Å². The molecule has 2 atom stereocenters. The van der Waals surface area contributed by atoms with E-state index in [9.17, 15) is 4.79 Å². The molecule has 0 N–H and O–H groups in total. The third-order valence-electron chi connectivity index (χ3n) is 8.90. The molecule has 4 heterocycles. The second kappa shape index (κ2) is 14.6. The molecule has 7 rings (SSSR count). The van der Waals surface area contributed by atoms with Crippen LogP contribution in [-0.2, 0) is 28.4 Å². The van der Waals surface area contributed by atoms with Gasteiger partial charge in [-0.05, 0) is 67.1 Å². The Kier molecular flexibility index (Phi) is 9.90. The fraction of sp³-hybridized carbons (Fsp3) is 0.371. The van der Waals surface area contributed by atoms with E-state index in [1.54, 1.807) is 34.0 Å². The van der Waals surface area contributed by atoms with Crippen LogP contribution in [0.3, 0.4) is 0 Å². The molecule has 12 nitrogen and oxygen atoms in total. The Balaban J connectivity index is 0.919. The lowest BCUT2D eigenvalue weighted by molar-refractivity contribution is -0.190. The van der Waals surface area contributed by atoms with Gasteiger partial charge in [0, 0.05) is 54.7 Å². The van der Waals surface area contributed by atoms with Gasteiger partial charge in [0.25, 0.3) is 0 Å². The second-order valence-electron chi connectivity index (χ2n) is 12.2. The van der Waals surface area contributed by atoms with E-state index < -0.39 is 5.79 Å². The lowest BCUT2D eigenvalue weighted by atomic mass is 10.1. The Morgan fingerprint density at radius 3 is 2.24 bits per heavy atom. The van der Waals surface area contributed by atoms with E-state index in [2.05, 4.69) is 56.2 Å². The van der Waals surface area contributed by atoms with Gasteiger partial charge in [0.1, 0.15) is 44.0 Å². The zero-order chi connectivity index (χ0) is 33.8. The number of unbranched alkanes of at least 4 members (excludes halogenated alkanes) is 1. The number of aryl methyl sites for hydroxylation is 1. The molecule has 2 aliphatic heterocycles. The van der Waals surface area contributed by atoms with Crippen LogP contribution in [0, 0.1) is 0 Å². The Morgan fingerprint density at radius 1 is 0.898 bits per heavy atom. The molecule has 0 unspecified atom stereocenters. The highest BCUT2D eigenvalue weighted by Crippen LogP contribution is 2.40. The van der Waals surface area contributed by atoms with Gasteiger partial charge in [-0.1, -0.05) is 42.6 Å². The number of aromatic nitrogens is 6. The SMILES string of the molecule is CCCCn1ncn(-c2ccc(N3CCN(c4ccc(OC[C@H]5CO[C@](Cn6cncn6)(c6ccc(Cl)cc6Cl)O5)cc4)CC3)cc2)c1=O. The van der Waals surface area contributed by atoms with Crippen molar-refractivity contribution < 1.29 is 14.2 Å². The molecule has 256 valence electrons. The highest BCUT2D eigenvalue weighted by Gasteiger charge is 2.45. The van der Waals surface area contributed by atoms with Crippen LogP contribution in [0.15, 0.2) is 90.5 Å². The summed E-state index contributed by atoms with van der Waals surface area (Å²) in [7, 11) is 0. The molecule has 0 radical (unpaired) electrons. The molecular weight excluding hydrogens is 667 g/mol. The van der Waals surface area contributed by atoms with E-state index >= 15 is 0 Å². The van der Waals surface area contributed by atoms with Crippen LogP contribution in [0.25, 0.3) is 5.69 Å². The quantitative estimate of drug-likeness (QED) is 0.169. The smallest absolute Gasteiger partial charge is 0.350 e. The summed E-state index contributed by atoms with van der Waals surface area (Å²) < 4.78 is 23.7. The molecule has 0 amide bonds. The van der Waals surface area contributed by atoms with Crippen molar-refractivity contribution in [3.8, 4) is 11.4 Å². The summed E-state index contributed by atoms with van der Waals surface area (Å²) in [6.45, 7) is 7.19. The van der Waals surface area contributed by atoms with E-state index in [1.165, 1.54) is 11.0 Å². The Morgan fingerprint density at radius 2 is 1.59 bits per heavy atom. The van der Waals surface area contributed by atoms with Gasteiger partial charge in [0.05, 0.1) is 17.3 Å². The van der Waals surface area contributed by atoms with E-state index in [0.717, 1.165) is 61.8 Å². The van der Waals surface area contributed by atoms with Crippen LogP contribution in [0.5, 0.6) is 5.75 Å². The van der Waals surface area contributed by atoms with Gasteiger partial charge < -0.3 is 24.0 Å². The minimum atomic E-state index is -1.16. The maximum absolute atomic E-state index is 12.7. The van der Waals surface area contributed by atoms with Gasteiger partial charge in [0.2, 0.25) is 5.79 Å². The van der Waals surface area contributed by atoms with Crippen LogP contribution < -0.4 is 20.2 Å². The third-order valence-corrected chi connectivity index (χ3v) is 9.45. The molecule has 0 spiro atoms. The fourth-order valence-electron chi connectivity index (χ4n) is 6.25. The molecule has 0 aliphatic carbocycles. The zero-order valence-corrected chi connectivity index (χ0v) is 28.7. The Hall–Kier alpha value is -4.36. The number of rotatable bonds is 12. The van der Waals surface area contributed by atoms with Gasteiger partial charge in [0.15, 0.2) is 0 Å². The molecule has 0 saturated carbocycles. The van der Waals surface area contributed by atoms with Crippen LogP contribution in [-0.4, -0.2) is 74.6 Å². The maximum atomic E-state index is 12.7. The van der Waals surface area contributed by atoms with Gasteiger partial charge in [-0.15, -0.1) is 0 Å². The summed E-state index contributed by atoms with van der Waals surface area (Å²) in [5, 5.41) is 9.47. The molecule has 2 fully saturated rings. The zero-order valence-electron chi connectivity index (χ0n) is 27.2. The van der Waals surface area contributed by atoms with Crippen molar-refractivity contribution in [1.29, 1.82) is 0 Å². The Labute approximate surface area is 294 Å². The number of hydrogen-bond donors (Lipinski definition) is 0. The third kappa shape index (κ3) is 7.32. The lowest BCUT2D eigenvalue weighted by Gasteiger charge is -2.37. The summed E-state index contributed by atoms with van der Waals surface area (Å²) in [5.74, 6) is -0.408. The normalized spacial score (nSPS) is 19.4. The largest absolute Gasteiger partial charge is 0.491 e. The molecule has 3 aromatic carbocycles. The standard InChI is InChI=1S/C35H38Cl2N8O4/c1-2-3-14-45-34(46)44(25-40-45)29-7-5-27(6-8-29)41-15-17-42(18-16-41)28-9-11-30(12-10-28)47-20-31-21-48-35(49-31,22-43-24-38-23-39-43)32-13-4-26(36)19-33(32)37/h4-13,19,23-25,31H,2-3,14-18,20-22H2,1H3/t31-,35-/m0/s1. The van der Waals surface area contributed by atoms with Gasteiger partial charge in [-0.25, -0.2) is 23.7 Å². The predicted molar refractivity (Wildman–Crippen MR) is 188 cm³/mol. The van der Waals surface area contributed by atoms with Crippen molar-refractivity contribution in [1.82, 2.24) is 29.1 Å². The van der Waals surface area contributed by atoms with Gasteiger partial charge >= 0.3 is 5.69 Å². The summed E-state index contributed by atoms with van der Waals surface area (Å²) in [6, 6.07) is 21.5. The van der Waals surface area contributed by atoms with E-state index in [4.69, 9.17) is 37.4 Å². The van der Waals surface area contributed by atoms with Crippen LogP contribution in [0.1, 0.15) is 25.3 Å². The summed E-state index contributed by atoms with van der Waals surface area (Å²) in [4.78, 5) is 21.5. The number of benzene rings is 3. The summed E-state index contributed by atoms with van der Waals surface area (Å²) in [5.41, 5.74) is 3.67. The fourth-order valence-corrected chi connectivity index (χ4v) is 6.80. The van der Waals surface area contributed by atoms with Crippen molar-refractivity contribution in [3.63, 3.8) is 0 Å². The van der Waals surface area contributed by atoms with Crippen molar-refractivity contribution in [2.45, 2.75) is 44.7 Å². The summed E-state index contributed by atoms with van der Waals surface area (Å²) >= 11 is 12.7. The molecule has 2 aliphatic rings. The highest BCUT2D eigenvalue weighted by atomic mass is 35.5. The summed E-state index contributed by atoms with van der Waals surface area (Å²) in [6.07, 6.45) is 6.30. The minimum Gasteiger partial charge on any atom is -0.491 e. The first kappa shape index (κ1) is 33.2. The maximum Gasteiger partial charge on any atom is 0.350 e. The minimum absolute atomic E-state index is 0.104. The predicted octanol–water partition coefficient (Wildman–Crippen LogP) is 5.41. The van der Waals surface area contributed by atoms with Gasteiger partial charge in [-0.3, -0.25) is 0 Å². The topological polar surface area (TPSA) is 105 Å². The molecule has 49 heavy (non-hydrogen) atoms. The first-order chi connectivity index (χ1) is 23.9. The molecule has 2 saturated heterocycles. The molecule has 14 heteroatoms. The second-order valence-corrected chi connectivity index (χ2v) is 13.0. The highest BCUT2D eigenvalue weighted by molar-refractivity contribution is 6.35.